The van der Waals surface area contributed by atoms with Crippen LogP contribution in [0.15, 0.2) is 30.3 Å². The molecule has 1 aliphatic carbocycles. The standard InChI is InChI=1S/C18H27NO3/c1-14(2)13-22-18(20)16-10-17(11-16)21-9-8-19-12-15-6-4-3-5-7-15/h3-7,14,16-17,19H,8-13H2,1-2H3. The van der Waals surface area contributed by atoms with Crippen molar-refractivity contribution in [1.29, 1.82) is 0 Å². The van der Waals surface area contributed by atoms with E-state index in [1.165, 1.54) is 5.56 Å². The van der Waals surface area contributed by atoms with Gasteiger partial charge in [-0.2, -0.15) is 0 Å². The van der Waals surface area contributed by atoms with Gasteiger partial charge in [0.15, 0.2) is 0 Å². The summed E-state index contributed by atoms with van der Waals surface area (Å²) in [5.41, 5.74) is 1.28. The SMILES string of the molecule is CC(C)COC(=O)C1CC(OCCNCc2ccccc2)C1. The second-order valence-corrected chi connectivity index (χ2v) is 6.35. The molecule has 1 aromatic rings. The van der Waals surface area contributed by atoms with E-state index in [0.717, 1.165) is 25.9 Å². The molecule has 0 radical (unpaired) electrons. The Morgan fingerprint density at radius 3 is 2.68 bits per heavy atom. The van der Waals surface area contributed by atoms with Crippen molar-refractivity contribution >= 4 is 5.97 Å². The van der Waals surface area contributed by atoms with E-state index in [-0.39, 0.29) is 18.0 Å². The maximum absolute atomic E-state index is 11.7. The first kappa shape index (κ1) is 17.0. The Bertz CT molecular complexity index is 441. The van der Waals surface area contributed by atoms with Crippen molar-refractivity contribution in [3.05, 3.63) is 35.9 Å². The van der Waals surface area contributed by atoms with Crippen LogP contribution in [0.25, 0.3) is 0 Å². The predicted octanol–water partition coefficient (Wildman–Crippen LogP) is 2.77. The van der Waals surface area contributed by atoms with Gasteiger partial charge in [-0.05, 0) is 24.3 Å². The van der Waals surface area contributed by atoms with Gasteiger partial charge in [-0.15, -0.1) is 0 Å². The van der Waals surface area contributed by atoms with Gasteiger partial charge < -0.3 is 14.8 Å². The van der Waals surface area contributed by atoms with Crippen molar-refractivity contribution in [1.82, 2.24) is 5.32 Å². The summed E-state index contributed by atoms with van der Waals surface area (Å²) >= 11 is 0. The molecular weight excluding hydrogens is 278 g/mol. The smallest absolute Gasteiger partial charge is 0.309 e. The normalized spacial score (nSPS) is 20.7. The number of carbonyl (C=O) groups is 1. The van der Waals surface area contributed by atoms with Gasteiger partial charge in [0, 0.05) is 13.1 Å². The van der Waals surface area contributed by atoms with E-state index in [1.54, 1.807) is 0 Å². The third-order valence-electron chi connectivity index (χ3n) is 3.79. The maximum Gasteiger partial charge on any atom is 0.309 e. The summed E-state index contributed by atoms with van der Waals surface area (Å²) in [7, 11) is 0. The Morgan fingerprint density at radius 2 is 2.00 bits per heavy atom. The maximum atomic E-state index is 11.7. The molecule has 4 nitrogen and oxygen atoms in total. The molecule has 0 amide bonds. The largest absolute Gasteiger partial charge is 0.465 e. The molecule has 0 bridgehead atoms. The monoisotopic (exact) mass is 305 g/mol. The van der Waals surface area contributed by atoms with Crippen LogP contribution in [0.3, 0.4) is 0 Å². The average Bonchev–Trinajstić information content (AvgIpc) is 2.47. The van der Waals surface area contributed by atoms with Crippen LogP contribution in [-0.4, -0.2) is 31.8 Å². The molecule has 0 aliphatic heterocycles. The summed E-state index contributed by atoms with van der Waals surface area (Å²) in [6.07, 6.45) is 1.82. The molecule has 1 aliphatic rings. The Labute approximate surface area is 133 Å². The third kappa shape index (κ3) is 5.78. The highest BCUT2D eigenvalue weighted by Gasteiger charge is 2.36. The van der Waals surface area contributed by atoms with Gasteiger partial charge in [-0.25, -0.2) is 0 Å². The molecule has 1 aromatic carbocycles. The summed E-state index contributed by atoms with van der Waals surface area (Å²) in [6.45, 7) is 6.98. The fourth-order valence-electron chi connectivity index (χ4n) is 2.39. The lowest BCUT2D eigenvalue weighted by molar-refractivity contribution is -0.158. The Balaban J connectivity index is 1.47. The Kier molecular flexibility index (Phi) is 6.87. The second-order valence-electron chi connectivity index (χ2n) is 6.35. The predicted molar refractivity (Wildman–Crippen MR) is 86.4 cm³/mol. The zero-order valence-electron chi connectivity index (χ0n) is 13.6. The van der Waals surface area contributed by atoms with E-state index >= 15 is 0 Å². The van der Waals surface area contributed by atoms with E-state index in [9.17, 15) is 4.79 Å². The van der Waals surface area contributed by atoms with Gasteiger partial charge in [0.05, 0.1) is 25.2 Å². The van der Waals surface area contributed by atoms with Crippen molar-refractivity contribution < 1.29 is 14.3 Å². The van der Waals surface area contributed by atoms with Crippen molar-refractivity contribution in [2.24, 2.45) is 11.8 Å². The Hall–Kier alpha value is -1.39. The molecule has 22 heavy (non-hydrogen) atoms. The van der Waals surface area contributed by atoms with Crippen LogP contribution in [0.1, 0.15) is 32.3 Å². The minimum Gasteiger partial charge on any atom is -0.465 e. The highest BCUT2D eigenvalue weighted by Crippen LogP contribution is 2.31. The topological polar surface area (TPSA) is 47.6 Å². The molecule has 1 fully saturated rings. The van der Waals surface area contributed by atoms with Crippen LogP contribution < -0.4 is 5.32 Å². The highest BCUT2D eigenvalue weighted by molar-refractivity contribution is 5.73. The van der Waals surface area contributed by atoms with Crippen LogP contribution in [0.4, 0.5) is 0 Å². The van der Waals surface area contributed by atoms with Crippen molar-refractivity contribution in [3.63, 3.8) is 0 Å². The van der Waals surface area contributed by atoms with Crippen molar-refractivity contribution in [2.75, 3.05) is 19.8 Å². The Morgan fingerprint density at radius 1 is 1.27 bits per heavy atom. The molecule has 0 atom stereocenters. The summed E-state index contributed by atoms with van der Waals surface area (Å²) in [4.78, 5) is 11.7. The summed E-state index contributed by atoms with van der Waals surface area (Å²) < 4.78 is 11.0. The number of hydrogen-bond acceptors (Lipinski definition) is 4. The van der Waals surface area contributed by atoms with E-state index < -0.39 is 0 Å². The number of esters is 1. The lowest BCUT2D eigenvalue weighted by Crippen LogP contribution is -2.38. The fourth-order valence-corrected chi connectivity index (χ4v) is 2.39. The summed E-state index contributed by atoms with van der Waals surface area (Å²) in [6, 6.07) is 10.3. The zero-order chi connectivity index (χ0) is 15.8. The molecule has 122 valence electrons. The number of nitrogens with one attached hydrogen (secondary N) is 1. The van der Waals surface area contributed by atoms with Gasteiger partial charge in [-0.1, -0.05) is 44.2 Å². The first-order valence-electron chi connectivity index (χ1n) is 8.18. The summed E-state index contributed by atoms with van der Waals surface area (Å²) in [5, 5.41) is 3.36. The van der Waals surface area contributed by atoms with Gasteiger partial charge in [-0.3, -0.25) is 4.79 Å². The molecule has 0 aromatic heterocycles. The molecule has 0 spiro atoms. The molecule has 4 heteroatoms. The first-order valence-corrected chi connectivity index (χ1v) is 8.18. The molecule has 1 saturated carbocycles. The van der Waals surface area contributed by atoms with Gasteiger partial charge in [0.1, 0.15) is 0 Å². The van der Waals surface area contributed by atoms with E-state index in [0.29, 0.717) is 19.1 Å². The highest BCUT2D eigenvalue weighted by atomic mass is 16.5. The van der Waals surface area contributed by atoms with Crippen LogP contribution in [0, 0.1) is 11.8 Å². The van der Waals surface area contributed by atoms with E-state index in [2.05, 4.69) is 17.4 Å². The van der Waals surface area contributed by atoms with Crippen molar-refractivity contribution in [2.45, 2.75) is 39.3 Å². The number of rotatable bonds is 9. The second kappa shape index (κ2) is 8.91. The minimum atomic E-state index is -0.0595. The van der Waals surface area contributed by atoms with Gasteiger partial charge >= 0.3 is 5.97 Å². The average molecular weight is 305 g/mol. The quantitative estimate of drug-likeness (QED) is 0.563. The molecule has 1 N–H and O–H groups in total. The lowest BCUT2D eigenvalue weighted by Gasteiger charge is -2.33. The van der Waals surface area contributed by atoms with Crippen LogP contribution in [-0.2, 0) is 20.8 Å². The zero-order valence-corrected chi connectivity index (χ0v) is 13.6. The van der Waals surface area contributed by atoms with Crippen molar-refractivity contribution in [3.8, 4) is 0 Å². The number of ether oxygens (including phenoxy) is 2. The van der Waals surface area contributed by atoms with Gasteiger partial charge in [0.2, 0.25) is 0 Å². The molecule has 0 heterocycles. The van der Waals surface area contributed by atoms with E-state index in [4.69, 9.17) is 9.47 Å². The lowest BCUT2D eigenvalue weighted by atomic mass is 9.82. The summed E-state index contributed by atoms with van der Waals surface area (Å²) in [5.74, 6) is 0.378. The fraction of sp³-hybridized carbons (Fsp3) is 0.611. The first-order chi connectivity index (χ1) is 10.6. The van der Waals surface area contributed by atoms with Gasteiger partial charge in [0.25, 0.3) is 0 Å². The third-order valence-corrected chi connectivity index (χ3v) is 3.79. The molecule has 2 rings (SSSR count). The van der Waals surface area contributed by atoms with E-state index in [1.807, 2.05) is 32.0 Å². The minimum absolute atomic E-state index is 0.0426. The van der Waals surface area contributed by atoms with Crippen LogP contribution >= 0.6 is 0 Å². The molecule has 0 saturated heterocycles. The number of benzene rings is 1. The molecule has 0 unspecified atom stereocenters. The van der Waals surface area contributed by atoms with Crippen LogP contribution in [0.5, 0.6) is 0 Å². The van der Waals surface area contributed by atoms with Crippen LogP contribution in [0.2, 0.25) is 0 Å². The number of hydrogen-bond donors (Lipinski definition) is 1. The number of carbonyl (C=O) groups excluding carboxylic acids is 1. The molecular formula is C18H27NO3.